The van der Waals surface area contributed by atoms with E-state index in [9.17, 15) is 0 Å². The third kappa shape index (κ3) is 3.33. The highest BCUT2D eigenvalue weighted by molar-refractivity contribution is 5.90. The predicted molar refractivity (Wildman–Crippen MR) is 158 cm³/mol. The fourth-order valence-electron chi connectivity index (χ4n) is 6.25. The van der Waals surface area contributed by atoms with Crippen molar-refractivity contribution < 1.29 is 0 Å². The molecule has 0 N–H and O–H groups in total. The molecule has 0 fully saturated rings. The van der Waals surface area contributed by atoms with Crippen LogP contribution in [0.25, 0.3) is 11.1 Å². The molecule has 6 aromatic carbocycles. The quantitative estimate of drug-likeness (QED) is 0.235. The first kappa shape index (κ1) is 22.3. The van der Waals surface area contributed by atoms with E-state index in [-0.39, 0.29) is 0 Å². The topological polar surface area (TPSA) is 3.24 Å². The molecular weight excluding hydrogens is 458 g/mol. The Bertz CT molecular complexity index is 1620. The summed E-state index contributed by atoms with van der Waals surface area (Å²) in [4.78, 5) is 2.39. The van der Waals surface area contributed by atoms with Crippen LogP contribution in [-0.4, -0.2) is 0 Å². The molecule has 0 bridgehead atoms. The molecule has 0 spiro atoms. The largest absolute Gasteiger partial charge is 0.310 e. The van der Waals surface area contributed by atoms with Gasteiger partial charge in [0.05, 0.1) is 11.1 Å². The molecule has 6 aromatic rings. The van der Waals surface area contributed by atoms with Crippen molar-refractivity contribution in [2.45, 2.75) is 5.41 Å². The number of nitrogens with zero attached hydrogens (tertiary/aromatic N) is 1. The zero-order chi connectivity index (χ0) is 25.4. The summed E-state index contributed by atoms with van der Waals surface area (Å²) in [6, 6.07) is 59.1. The van der Waals surface area contributed by atoms with E-state index < -0.39 is 5.41 Å². The van der Waals surface area contributed by atoms with Gasteiger partial charge in [0.1, 0.15) is 0 Å². The summed E-state index contributed by atoms with van der Waals surface area (Å²) >= 11 is 0. The zero-order valence-corrected chi connectivity index (χ0v) is 21.0. The van der Waals surface area contributed by atoms with Gasteiger partial charge in [-0.05, 0) is 63.7 Å². The van der Waals surface area contributed by atoms with Crippen LogP contribution in [0.5, 0.6) is 0 Å². The van der Waals surface area contributed by atoms with Crippen molar-refractivity contribution in [3.63, 3.8) is 0 Å². The van der Waals surface area contributed by atoms with Crippen LogP contribution in [0.1, 0.15) is 22.3 Å². The lowest BCUT2D eigenvalue weighted by Crippen LogP contribution is -2.30. The Hall–Kier alpha value is -4.88. The maximum atomic E-state index is 2.39. The van der Waals surface area contributed by atoms with Crippen LogP contribution in [0.15, 0.2) is 164 Å². The first-order chi connectivity index (χ1) is 18.9. The molecule has 180 valence electrons. The second kappa shape index (κ2) is 9.21. The molecular formula is C37H27N. The van der Waals surface area contributed by atoms with E-state index in [0.29, 0.717) is 0 Å². The van der Waals surface area contributed by atoms with Crippen LogP contribution in [-0.2, 0) is 5.41 Å². The van der Waals surface area contributed by atoms with E-state index in [1.54, 1.807) is 0 Å². The van der Waals surface area contributed by atoms with Gasteiger partial charge in [-0.25, -0.2) is 0 Å². The molecule has 0 aromatic heterocycles. The summed E-state index contributed by atoms with van der Waals surface area (Å²) in [6.45, 7) is 0. The molecule has 0 aliphatic heterocycles. The van der Waals surface area contributed by atoms with E-state index in [0.717, 1.165) is 11.4 Å². The minimum absolute atomic E-state index is 0.465. The molecule has 1 nitrogen and oxygen atoms in total. The van der Waals surface area contributed by atoms with E-state index in [2.05, 4.69) is 169 Å². The van der Waals surface area contributed by atoms with Crippen LogP contribution in [0.4, 0.5) is 17.1 Å². The van der Waals surface area contributed by atoms with Gasteiger partial charge in [-0.3, -0.25) is 0 Å². The molecule has 0 saturated carbocycles. The first-order valence-corrected chi connectivity index (χ1v) is 13.1. The molecule has 1 aliphatic rings. The third-order valence-corrected chi connectivity index (χ3v) is 7.74. The van der Waals surface area contributed by atoms with Gasteiger partial charge in [-0.1, -0.05) is 133 Å². The smallest absolute Gasteiger partial charge is 0.0733 e. The average Bonchev–Trinajstić information content (AvgIpc) is 3.30. The highest BCUT2D eigenvalue weighted by Crippen LogP contribution is 2.58. The number of rotatable bonds is 5. The minimum Gasteiger partial charge on any atom is -0.310 e. The number of hydrogen-bond donors (Lipinski definition) is 0. The summed E-state index contributed by atoms with van der Waals surface area (Å²) in [5.41, 5.74) is 10.7. The van der Waals surface area contributed by atoms with Gasteiger partial charge in [0, 0.05) is 11.4 Å². The van der Waals surface area contributed by atoms with Crippen molar-refractivity contribution >= 4 is 17.1 Å². The highest BCUT2D eigenvalue weighted by Gasteiger charge is 2.47. The van der Waals surface area contributed by atoms with E-state index in [1.807, 2.05) is 0 Å². The molecule has 0 atom stereocenters. The lowest BCUT2D eigenvalue weighted by atomic mass is 9.67. The van der Waals surface area contributed by atoms with Crippen molar-refractivity contribution in [1.82, 2.24) is 0 Å². The molecule has 1 aliphatic carbocycles. The Kier molecular flexibility index (Phi) is 5.41. The van der Waals surface area contributed by atoms with Gasteiger partial charge in [-0.2, -0.15) is 0 Å². The van der Waals surface area contributed by atoms with E-state index >= 15 is 0 Å². The fraction of sp³-hybridized carbons (Fsp3) is 0.0270. The van der Waals surface area contributed by atoms with Gasteiger partial charge >= 0.3 is 0 Å². The third-order valence-electron chi connectivity index (χ3n) is 7.74. The van der Waals surface area contributed by atoms with Crippen molar-refractivity contribution in [2.75, 3.05) is 4.90 Å². The van der Waals surface area contributed by atoms with E-state index in [1.165, 1.54) is 39.1 Å². The van der Waals surface area contributed by atoms with Crippen LogP contribution < -0.4 is 4.90 Å². The maximum Gasteiger partial charge on any atom is 0.0733 e. The van der Waals surface area contributed by atoms with Gasteiger partial charge in [0.15, 0.2) is 0 Å². The normalized spacial score (nSPS) is 12.9. The van der Waals surface area contributed by atoms with Crippen molar-refractivity contribution in [3.8, 4) is 11.1 Å². The van der Waals surface area contributed by atoms with Gasteiger partial charge in [0.25, 0.3) is 0 Å². The Morgan fingerprint density at radius 2 is 0.737 bits per heavy atom. The Morgan fingerprint density at radius 1 is 0.342 bits per heavy atom. The number of anilines is 3. The SMILES string of the molecule is c1ccc(N(c2ccccc2)c2ccccc2C2(c3ccccc3)c3ccccc3-c3ccccc32)cc1. The minimum atomic E-state index is -0.465. The van der Waals surface area contributed by atoms with Crippen LogP contribution in [0, 0.1) is 0 Å². The van der Waals surface area contributed by atoms with Crippen molar-refractivity contribution in [2.24, 2.45) is 0 Å². The molecule has 0 saturated heterocycles. The fourth-order valence-corrected chi connectivity index (χ4v) is 6.25. The van der Waals surface area contributed by atoms with Gasteiger partial charge in [0.2, 0.25) is 0 Å². The lowest BCUT2D eigenvalue weighted by molar-refractivity contribution is 0.768. The Labute approximate surface area is 224 Å². The summed E-state index contributed by atoms with van der Waals surface area (Å²) in [5.74, 6) is 0. The Morgan fingerprint density at radius 3 is 1.26 bits per heavy atom. The lowest BCUT2D eigenvalue weighted by Gasteiger charge is -2.38. The highest BCUT2D eigenvalue weighted by atomic mass is 15.1. The summed E-state index contributed by atoms with van der Waals surface area (Å²) in [7, 11) is 0. The molecule has 1 heteroatoms. The van der Waals surface area contributed by atoms with Crippen LogP contribution >= 0.6 is 0 Å². The summed E-state index contributed by atoms with van der Waals surface area (Å²) in [6.07, 6.45) is 0. The van der Waals surface area contributed by atoms with Crippen molar-refractivity contribution in [3.05, 3.63) is 186 Å². The van der Waals surface area contributed by atoms with E-state index in [4.69, 9.17) is 0 Å². The van der Waals surface area contributed by atoms with Crippen LogP contribution in [0.3, 0.4) is 0 Å². The second-order valence-electron chi connectivity index (χ2n) is 9.73. The maximum absolute atomic E-state index is 2.39. The first-order valence-electron chi connectivity index (χ1n) is 13.1. The molecule has 0 amide bonds. The monoisotopic (exact) mass is 485 g/mol. The van der Waals surface area contributed by atoms with Gasteiger partial charge in [-0.15, -0.1) is 0 Å². The molecule has 0 heterocycles. The number of para-hydroxylation sites is 3. The van der Waals surface area contributed by atoms with Crippen molar-refractivity contribution in [1.29, 1.82) is 0 Å². The average molecular weight is 486 g/mol. The number of benzene rings is 6. The molecule has 0 radical (unpaired) electrons. The summed E-state index contributed by atoms with van der Waals surface area (Å²) in [5, 5.41) is 0. The van der Waals surface area contributed by atoms with Gasteiger partial charge < -0.3 is 4.90 Å². The predicted octanol–water partition coefficient (Wildman–Crippen LogP) is 9.52. The molecule has 38 heavy (non-hydrogen) atoms. The number of hydrogen-bond acceptors (Lipinski definition) is 1. The molecule has 0 unspecified atom stereocenters. The molecule has 7 rings (SSSR count). The summed E-state index contributed by atoms with van der Waals surface area (Å²) < 4.78 is 0. The second-order valence-corrected chi connectivity index (χ2v) is 9.73. The Balaban J connectivity index is 1.61. The standard InChI is InChI=1S/C37H27N/c1-4-16-28(17-5-1)37(33-24-12-10-22-31(33)32-23-11-13-25-34(32)37)35-26-14-15-27-36(35)38(29-18-6-2-7-19-29)30-20-8-3-9-21-30/h1-27H. The number of fused-ring (bicyclic) bond motifs is 3. The van der Waals surface area contributed by atoms with Crippen LogP contribution in [0.2, 0.25) is 0 Å². The zero-order valence-electron chi connectivity index (χ0n) is 21.0.